The lowest BCUT2D eigenvalue weighted by Gasteiger charge is -2.28. The van der Waals surface area contributed by atoms with Crippen LogP contribution in [0.2, 0.25) is 0 Å². The van der Waals surface area contributed by atoms with Gasteiger partial charge >= 0.3 is 0 Å². The Morgan fingerprint density at radius 1 is 1.00 bits per heavy atom. The molecule has 0 atom stereocenters. The van der Waals surface area contributed by atoms with Crippen molar-refractivity contribution in [1.29, 1.82) is 5.26 Å². The molecule has 25 heavy (non-hydrogen) atoms. The van der Waals surface area contributed by atoms with Gasteiger partial charge in [-0.2, -0.15) is 5.26 Å². The summed E-state index contributed by atoms with van der Waals surface area (Å²) in [6.45, 7) is 2.28. The number of hydrogen-bond acceptors (Lipinski definition) is 1. The minimum Gasteiger partial charge on any atom is -0.206 e. The quantitative estimate of drug-likeness (QED) is 0.623. The fourth-order valence-corrected chi connectivity index (χ4v) is 4.10. The van der Waals surface area contributed by atoms with Crippen molar-refractivity contribution >= 4 is 0 Å². The Kier molecular flexibility index (Phi) is 5.87. The van der Waals surface area contributed by atoms with Crippen molar-refractivity contribution in [3.63, 3.8) is 0 Å². The highest BCUT2D eigenvalue weighted by molar-refractivity contribution is 5.36. The summed E-state index contributed by atoms with van der Waals surface area (Å²) >= 11 is 0. The lowest BCUT2D eigenvalue weighted by Crippen LogP contribution is -2.13. The highest BCUT2D eigenvalue weighted by Crippen LogP contribution is 2.37. The number of halogens is 1. The predicted octanol–water partition coefficient (Wildman–Crippen LogP) is 6.36. The van der Waals surface area contributed by atoms with Crippen molar-refractivity contribution in [2.45, 2.75) is 57.8 Å². The molecule has 1 saturated carbocycles. The molecular formula is C23H26FN. The van der Waals surface area contributed by atoms with E-state index in [9.17, 15) is 4.39 Å². The molecule has 1 fully saturated rings. The van der Waals surface area contributed by atoms with Crippen molar-refractivity contribution in [3.8, 4) is 6.07 Å². The van der Waals surface area contributed by atoms with Crippen molar-refractivity contribution < 1.29 is 4.39 Å². The Morgan fingerprint density at radius 3 is 2.28 bits per heavy atom. The molecule has 0 amide bonds. The van der Waals surface area contributed by atoms with Crippen LogP contribution < -0.4 is 0 Å². The lowest BCUT2D eigenvalue weighted by molar-refractivity contribution is 0.308. The smallest absolute Gasteiger partial charge is 0.141 e. The lowest BCUT2D eigenvalue weighted by atomic mass is 9.77. The Balaban J connectivity index is 1.61. The largest absolute Gasteiger partial charge is 0.206 e. The molecular weight excluding hydrogens is 309 g/mol. The van der Waals surface area contributed by atoms with Crippen molar-refractivity contribution in [1.82, 2.24) is 0 Å². The average Bonchev–Trinajstić information content (AvgIpc) is 2.64. The van der Waals surface area contributed by atoms with E-state index < -0.39 is 5.82 Å². The fraction of sp³-hybridized carbons (Fsp3) is 0.435. The molecule has 0 heterocycles. The Bertz CT molecular complexity index is 734. The monoisotopic (exact) mass is 335 g/mol. The van der Waals surface area contributed by atoms with E-state index >= 15 is 0 Å². The van der Waals surface area contributed by atoms with E-state index in [1.165, 1.54) is 55.7 Å². The summed E-state index contributed by atoms with van der Waals surface area (Å²) in [6, 6.07) is 15.6. The number of rotatable bonds is 5. The van der Waals surface area contributed by atoms with Crippen LogP contribution in [-0.2, 0) is 6.42 Å². The van der Waals surface area contributed by atoms with Gasteiger partial charge in [-0.3, -0.25) is 0 Å². The molecule has 0 unspecified atom stereocenters. The Labute approximate surface area is 150 Å². The zero-order valence-corrected chi connectivity index (χ0v) is 15.0. The third kappa shape index (κ3) is 4.48. The maximum Gasteiger partial charge on any atom is 0.141 e. The molecule has 1 aliphatic rings. The first-order valence-corrected chi connectivity index (χ1v) is 9.47. The van der Waals surface area contributed by atoms with Crippen molar-refractivity contribution in [2.75, 3.05) is 0 Å². The molecule has 0 N–H and O–H groups in total. The minimum absolute atomic E-state index is 0.109. The molecule has 0 spiro atoms. The van der Waals surface area contributed by atoms with E-state index in [0.29, 0.717) is 12.3 Å². The van der Waals surface area contributed by atoms with Gasteiger partial charge in [0.1, 0.15) is 11.9 Å². The van der Waals surface area contributed by atoms with Crippen LogP contribution in [0.1, 0.15) is 73.6 Å². The number of nitriles is 1. The molecule has 3 rings (SSSR count). The predicted molar refractivity (Wildman–Crippen MR) is 100.0 cm³/mol. The highest BCUT2D eigenvalue weighted by Gasteiger charge is 2.21. The fourth-order valence-electron chi connectivity index (χ4n) is 4.10. The van der Waals surface area contributed by atoms with Gasteiger partial charge in [0.15, 0.2) is 0 Å². The van der Waals surface area contributed by atoms with Crippen LogP contribution in [0.3, 0.4) is 0 Å². The van der Waals surface area contributed by atoms with Crippen LogP contribution in [0.25, 0.3) is 0 Å². The Morgan fingerprint density at radius 2 is 1.68 bits per heavy atom. The second-order valence-corrected chi connectivity index (χ2v) is 7.35. The average molecular weight is 335 g/mol. The third-order valence-corrected chi connectivity index (χ3v) is 5.56. The molecule has 0 saturated heterocycles. The van der Waals surface area contributed by atoms with Crippen LogP contribution in [-0.4, -0.2) is 0 Å². The Hall–Kier alpha value is -2.14. The summed E-state index contributed by atoms with van der Waals surface area (Å²) in [5.74, 6) is 1.21. The van der Waals surface area contributed by atoms with Crippen LogP contribution >= 0.6 is 0 Å². The van der Waals surface area contributed by atoms with Gasteiger partial charge in [-0.1, -0.05) is 50.1 Å². The maximum absolute atomic E-state index is 13.7. The van der Waals surface area contributed by atoms with Gasteiger partial charge in [0, 0.05) is 0 Å². The molecule has 0 aromatic heterocycles. The number of hydrogen-bond donors (Lipinski definition) is 0. The molecule has 0 aliphatic heterocycles. The molecule has 2 heteroatoms. The van der Waals surface area contributed by atoms with Gasteiger partial charge in [0.25, 0.3) is 0 Å². The SMILES string of the molecule is CCCC1CCC(c2ccc(Cc3ccc(C#N)c(F)c3)cc2)CC1. The standard InChI is InChI=1S/C23H26FN/c1-2-3-17-4-9-20(10-5-17)21-11-6-18(7-12-21)14-19-8-13-22(16-25)23(24)15-19/h6-8,11-13,15,17,20H,2-5,9-10,14H2,1H3. The van der Waals surface area contributed by atoms with Gasteiger partial charge in [-0.15, -0.1) is 0 Å². The number of nitrogens with zero attached hydrogens (tertiary/aromatic N) is 1. The van der Waals surface area contributed by atoms with E-state index in [-0.39, 0.29) is 5.56 Å². The van der Waals surface area contributed by atoms with E-state index in [1.54, 1.807) is 6.07 Å². The zero-order valence-electron chi connectivity index (χ0n) is 15.0. The topological polar surface area (TPSA) is 23.8 Å². The van der Waals surface area contributed by atoms with Crippen LogP contribution in [0, 0.1) is 23.1 Å². The molecule has 2 aromatic rings. The summed E-state index contributed by atoms with van der Waals surface area (Å²) < 4.78 is 13.7. The molecule has 0 bridgehead atoms. The number of benzene rings is 2. The van der Waals surface area contributed by atoms with Gasteiger partial charge in [0.05, 0.1) is 5.56 Å². The second-order valence-electron chi connectivity index (χ2n) is 7.35. The summed E-state index contributed by atoms with van der Waals surface area (Å²) in [7, 11) is 0. The normalized spacial score (nSPS) is 20.2. The van der Waals surface area contributed by atoms with E-state index in [4.69, 9.17) is 5.26 Å². The van der Waals surface area contributed by atoms with Crippen molar-refractivity contribution in [2.24, 2.45) is 5.92 Å². The second kappa shape index (κ2) is 8.30. The van der Waals surface area contributed by atoms with Crippen molar-refractivity contribution in [3.05, 3.63) is 70.5 Å². The van der Waals surface area contributed by atoms with Gasteiger partial charge in [-0.05, 0) is 72.8 Å². The summed E-state index contributed by atoms with van der Waals surface area (Å²) in [4.78, 5) is 0. The van der Waals surface area contributed by atoms with E-state index in [1.807, 2.05) is 12.1 Å². The first kappa shape index (κ1) is 17.7. The molecule has 130 valence electrons. The minimum atomic E-state index is -0.430. The molecule has 1 aliphatic carbocycles. The molecule has 1 nitrogen and oxygen atoms in total. The van der Waals surface area contributed by atoms with Gasteiger partial charge in [0.2, 0.25) is 0 Å². The summed E-state index contributed by atoms with van der Waals surface area (Å²) in [5, 5.41) is 8.81. The maximum atomic E-state index is 13.7. The van der Waals surface area contributed by atoms with Crippen LogP contribution in [0.4, 0.5) is 4.39 Å². The summed E-state index contributed by atoms with van der Waals surface area (Å²) in [5.41, 5.74) is 3.65. The van der Waals surface area contributed by atoms with Gasteiger partial charge < -0.3 is 0 Å². The molecule has 2 aromatic carbocycles. The third-order valence-electron chi connectivity index (χ3n) is 5.56. The van der Waals surface area contributed by atoms with Gasteiger partial charge in [-0.25, -0.2) is 4.39 Å². The molecule has 0 radical (unpaired) electrons. The zero-order chi connectivity index (χ0) is 17.6. The summed E-state index contributed by atoms with van der Waals surface area (Å²) in [6.07, 6.45) is 8.74. The van der Waals surface area contributed by atoms with Crippen LogP contribution in [0.15, 0.2) is 42.5 Å². The van der Waals surface area contributed by atoms with Crippen LogP contribution in [0.5, 0.6) is 0 Å². The van der Waals surface area contributed by atoms with E-state index in [2.05, 4.69) is 31.2 Å². The first-order valence-electron chi connectivity index (χ1n) is 9.47. The highest BCUT2D eigenvalue weighted by atomic mass is 19.1. The van der Waals surface area contributed by atoms with E-state index in [0.717, 1.165) is 11.5 Å². The first-order chi connectivity index (χ1) is 12.2.